The van der Waals surface area contributed by atoms with Crippen LogP contribution in [0, 0.1) is 0 Å². The fourth-order valence-corrected chi connectivity index (χ4v) is 9.51. The standard InChI is InChI=1S/C61H103NO18/c1-3-5-7-9-11-13-15-17-19-21-23-24-26-28-30-32-34-36-38-45(66)44(62-49(67)39-37-35-33-31-29-27-25-22-20-18-16-14-12-10-8-6-4-2)43-75-59-55(73)52(70)57(47(41-64)77-59)80-61-56(74)53(71)58(48(42-65)78-61)79-60-54(72)51(69)50(68)46(40-63)76-60/h6,8,12,14,18,20-21,23,25,27-28,30,36,38,44-48,50-61,63-66,68-74H,3-5,7,9-11,13,15-17,19,22,24,26,29,31-35,37,39-43H2,1-2H3,(H,62,67)/b8-6-,14-12-,20-18-,23-21+,27-25-,30-28+,38-36+. The summed E-state index contributed by atoms with van der Waals surface area (Å²) < 4.78 is 34.2. The molecule has 19 nitrogen and oxygen atoms in total. The van der Waals surface area contributed by atoms with Gasteiger partial charge in [0.25, 0.3) is 0 Å². The number of amides is 1. The molecule has 3 heterocycles. The summed E-state index contributed by atoms with van der Waals surface area (Å²) in [5.74, 6) is -0.318. The summed E-state index contributed by atoms with van der Waals surface area (Å²) in [5.41, 5.74) is 0. The van der Waals surface area contributed by atoms with E-state index < -0.39 is 124 Å². The fraction of sp³-hybridized carbons (Fsp3) is 0.754. The molecule has 0 aliphatic carbocycles. The van der Waals surface area contributed by atoms with Crippen LogP contribution in [-0.2, 0) is 33.2 Å². The topological polar surface area (TPSA) is 307 Å². The number of carbonyl (C=O) groups excluding carboxylic acids is 1. The van der Waals surface area contributed by atoms with E-state index in [1.165, 1.54) is 51.4 Å². The Bertz CT molecular complexity index is 1790. The number of rotatable bonds is 42. The Hall–Kier alpha value is -3.03. The zero-order valence-corrected chi connectivity index (χ0v) is 47.8. The van der Waals surface area contributed by atoms with Crippen LogP contribution in [0.2, 0.25) is 0 Å². The number of ether oxygens (including phenoxy) is 6. The second-order valence-electron chi connectivity index (χ2n) is 21.1. The molecule has 3 fully saturated rings. The monoisotopic (exact) mass is 1140 g/mol. The van der Waals surface area contributed by atoms with Gasteiger partial charge in [-0.15, -0.1) is 0 Å². The minimum absolute atomic E-state index is 0.199. The Labute approximate surface area is 476 Å². The molecule has 17 atom stereocenters. The van der Waals surface area contributed by atoms with E-state index in [-0.39, 0.29) is 18.9 Å². The first-order valence-corrected chi connectivity index (χ1v) is 29.8. The molecular weight excluding hydrogens is 1030 g/mol. The highest BCUT2D eigenvalue weighted by atomic mass is 16.8. The van der Waals surface area contributed by atoms with Gasteiger partial charge in [0.15, 0.2) is 18.9 Å². The van der Waals surface area contributed by atoms with Gasteiger partial charge >= 0.3 is 0 Å². The first-order valence-electron chi connectivity index (χ1n) is 29.8. The zero-order valence-electron chi connectivity index (χ0n) is 47.8. The molecule has 0 aromatic carbocycles. The second-order valence-corrected chi connectivity index (χ2v) is 21.1. The van der Waals surface area contributed by atoms with Crippen molar-refractivity contribution in [2.45, 2.75) is 266 Å². The van der Waals surface area contributed by atoms with Crippen LogP contribution in [0.3, 0.4) is 0 Å². The Balaban J connectivity index is 1.54. The van der Waals surface area contributed by atoms with E-state index in [0.29, 0.717) is 12.8 Å². The minimum atomic E-state index is -1.99. The van der Waals surface area contributed by atoms with Crippen molar-refractivity contribution in [3.8, 4) is 0 Å². The smallest absolute Gasteiger partial charge is 0.220 e. The summed E-state index contributed by atoms with van der Waals surface area (Å²) in [7, 11) is 0. The number of allylic oxidation sites excluding steroid dienone is 13. The zero-order chi connectivity index (χ0) is 58.3. The highest BCUT2D eigenvalue weighted by Gasteiger charge is 2.53. The fourth-order valence-electron chi connectivity index (χ4n) is 9.51. The molecule has 460 valence electrons. The van der Waals surface area contributed by atoms with E-state index in [1.807, 2.05) is 6.08 Å². The van der Waals surface area contributed by atoms with Crippen LogP contribution in [0.25, 0.3) is 0 Å². The predicted molar refractivity (Wildman–Crippen MR) is 304 cm³/mol. The average molecular weight is 1140 g/mol. The van der Waals surface area contributed by atoms with Crippen molar-refractivity contribution >= 4 is 5.91 Å². The number of carbonyl (C=O) groups is 1. The van der Waals surface area contributed by atoms with Crippen molar-refractivity contribution in [3.63, 3.8) is 0 Å². The number of hydrogen-bond acceptors (Lipinski definition) is 18. The third-order valence-corrected chi connectivity index (χ3v) is 14.4. The van der Waals surface area contributed by atoms with E-state index in [1.54, 1.807) is 6.08 Å². The molecule has 12 N–H and O–H groups in total. The van der Waals surface area contributed by atoms with E-state index in [2.05, 4.69) is 92.1 Å². The molecule has 0 bridgehead atoms. The van der Waals surface area contributed by atoms with Crippen molar-refractivity contribution in [2.24, 2.45) is 0 Å². The van der Waals surface area contributed by atoms with Gasteiger partial charge in [-0.2, -0.15) is 0 Å². The average Bonchev–Trinajstić information content (AvgIpc) is 3.50. The van der Waals surface area contributed by atoms with Crippen LogP contribution in [0.5, 0.6) is 0 Å². The van der Waals surface area contributed by atoms with Crippen molar-refractivity contribution < 1.29 is 89.4 Å². The maximum Gasteiger partial charge on any atom is 0.220 e. The number of aliphatic hydroxyl groups excluding tert-OH is 11. The Kier molecular flexibility index (Phi) is 38.8. The molecule has 3 saturated heterocycles. The summed E-state index contributed by atoms with van der Waals surface area (Å²) >= 11 is 0. The van der Waals surface area contributed by atoms with Gasteiger partial charge in [0, 0.05) is 6.42 Å². The van der Waals surface area contributed by atoms with Crippen LogP contribution in [-0.4, -0.2) is 193 Å². The molecule has 80 heavy (non-hydrogen) atoms. The van der Waals surface area contributed by atoms with Crippen LogP contribution < -0.4 is 5.32 Å². The lowest BCUT2D eigenvalue weighted by Gasteiger charge is -2.48. The van der Waals surface area contributed by atoms with Gasteiger partial charge in [0.1, 0.15) is 73.2 Å². The Morgan fingerprint density at radius 3 is 1.40 bits per heavy atom. The molecule has 0 aromatic rings. The Morgan fingerprint density at radius 2 is 0.875 bits per heavy atom. The normalized spacial score (nSPS) is 30.6. The van der Waals surface area contributed by atoms with E-state index >= 15 is 0 Å². The number of unbranched alkanes of at least 4 members (excludes halogenated alkanes) is 14. The third kappa shape index (κ3) is 27.1. The number of nitrogens with one attached hydrogen (secondary N) is 1. The lowest BCUT2D eigenvalue weighted by atomic mass is 9.96. The van der Waals surface area contributed by atoms with Crippen molar-refractivity contribution in [3.05, 3.63) is 85.1 Å². The van der Waals surface area contributed by atoms with E-state index in [4.69, 9.17) is 28.4 Å². The number of hydrogen-bond donors (Lipinski definition) is 12. The molecule has 3 aliphatic heterocycles. The van der Waals surface area contributed by atoms with Crippen LogP contribution in [0.15, 0.2) is 85.1 Å². The summed E-state index contributed by atoms with van der Waals surface area (Å²) in [4.78, 5) is 13.3. The van der Waals surface area contributed by atoms with E-state index in [9.17, 15) is 61.0 Å². The molecule has 3 aliphatic rings. The highest BCUT2D eigenvalue weighted by Crippen LogP contribution is 2.33. The van der Waals surface area contributed by atoms with Gasteiger partial charge in [0.05, 0.1) is 38.6 Å². The first kappa shape index (κ1) is 71.2. The summed E-state index contributed by atoms with van der Waals surface area (Å²) in [5, 5.41) is 120. The molecule has 0 saturated carbocycles. The molecule has 19 heteroatoms. The molecule has 1 amide bonds. The molecule has 0 spiro atoms. The lowest BCUT2D eigenvalue weighted by molar-refractivity contribution is -0.379. The molecule has 17 unspecified atom stereocenters. The molecule has 0 radical (unpaired) electrons. The van der Waals surface area contributed by atoms with Crippen molar-refractivity contribution in [1.29, 1.82) is 0 Å². The third-order valence-electron chi connectivity index (χ3n) is 14.4. The van der Waals surface area contributed by atoms with Crippen LogP contribution in [0.1, 0.15) is 162 Å². The number of aliphatic hydroxyl groups is 11. The largest absolute Gasteiger partial charge is 0.394 e. The highest BCUT2D eigenvalue weighted by molar-refractivity contribution is 5.76. The molecule has 3 rings (SSSR count). The van der Waals surface area contributed by atoms with Gasteiger partial charge < -0.3 is 89.9 Å². The quantitative estimate of drug-likeness (QED) is 0.0276. The van der Waals surface area contributed by atoms with Crippen molar-refractivity contribution in [2.75, 3.05) is 26.4 Å². The molecular formula is C61H103NO18. The SMILES string of the molecule is CC/C=C\C/C=C\C/C=C\C/C=C\CCCCCCC(=O)NC(COC1OC(CO)C(OC2OC(CO)C(OC3OC(CO)C(O)C(O)C3O)C(O)C2O)C(O)C1O)C(O)/C=C/CC/C=C/CC/C=C/CCCCCCCCCC. The predicted octanol–water partition coefficient (Wildman–Crippen LogP) is 5.20. The van der Waals surface area contributed by atoms with E-state index in [0.717, 1.165) is 77.0 Å². The Morgan fingerprint density at radius 1 is 0.463 bits per heavy atom. The van der Waals surface area contributed by atoms with Gasteiger partial charge in [0.2, 0.25) is 5.91 Å². The lowest BCUT2D eigenvalue weighted by Crippen LogP contribution is -2.66. The molecule has 0 aromatic heterocycles. The van der Waals surface area contributed by atoms with Crippen LogP contribution >= 0.6 is 0 Å². The van der Waals surface area contributed by atoms with Gasteiger partial charge in [-0.05, 0) is 83.5 Å². The van der Waals surface area contributed by atoms with Gasteiger partial charge in [-0.3, -0.25) is 4.79 Å². The summed E-state index contributed by atoms with van der Waals surface area (Å²) in [6, 6.07) is -1.01. The second kappa shape index (κ2) is 43.6. The van der Waals surface area contributed by atoms with Crippen molar-refractivity contribution in [1.82, 2.24) is 5.32 Å². The maximum atomic E-state index is 13.3. The van der Waals surface area contributed by atoms with Gasteiger partial charge in [-0.1, -0.05) is 157 Å². The minimum Gasteiger partial charge on any atom is -0.394 e. The summed E-state index contributed by atoms with van der Waals surface area (Å²) in [6.45, 7) is 1.53. The summed E-state index contributed by atoms with van der Waals surface area (Å²) in [6.07, 6.45) is 25.6. The van der Waals surface area contributed by atoms with Gasteiger partial charge in [-0.25, -0.2) is 0 Å². The first-order chi connectivity index (χ1) is 38.8. The maximum absolute atomic E-state index is 13.3. The van der Waals surface area contributed by atoms with Crippen LogP contribution in [0.4, 0.5) is 0 Å².